The fourth-order valence-corrected chi connectivity index (χ4v) is 1.73. The molecule has 4 nitrogen and oxygen atoms in total. The number of rotatable bonds is 5. The number of hydrogen-bond donors (Lipinski definition) is 0. The zero-order valence-corrected chi connectivity index (χ0v) is 11.0. The van der Waals surface area contributed by atoms with Crippen molar-refractivity contribution < 1.29 is 17.9 Å². The first-order chi connectivity index (χ1) is 7.80. The van der Waals surface area contributed by atoms with E-state index in [9.17, 15) is 13.2 Å². The lowest BCUT2D eigenvalue weighted by Gasteiger charge is -2.07. The second-order valence-corrected chi connectivity index (χ2v) is 6.17. The smallest absolute Gasteiger partial charge is 0.175 e. The Balaban J connectivity index is 2.67. The summed E-state index contributed by atoms with van der Waals surface area (Å²) >= 11 is 0. The lowest BCUT2D eigenvalue weighted by Crippen LogP contribution is -2.16. The maximum Gasteiger partial charge on any atom is 0.175 e. The van der Waals surface area contributed by atoms with Crippen molar-refractivity contribution in [2.45, 2.75) is 18.7 Å². The fourth-order valence-electron chi connectivity index (χ4n) is 1.10. The highest BCUT2D eigenvalue weighted by atomic mass is 32.2. The van der Waals surface area contributed by atoms with Gasteiger partial charge in [-0.1, -0.05) is 13.8 Å². The molecular formula is C12H16O4S. The molecule has 17 heavy (non-hydrogen) atoms. The number of hydrogen-bond acceptors (Lipinski definition) is 4. The summed E-state index contributed by atoms with van der Waals surface area (Å²) in [6.07, 6.45) is 1.14. The minimum Gasteiger partial charge on any atom is -0.486 e. The predicted molar refractivity (Wildman–Crippen MR) is 64.9 cm³/mol. The van der Waals surface area contributed by atoms with Gasteiger partial charge in [-0.25, -0.2) is 8.42 Å². The van der Waals surface area contributed by atoms with Crippen LogP contribution in [0.25, 0.3) is 0 Å². The van der Waals surface area contributed by atoms with Crippen molar-refractivity contribution in [1.82, 2.24) is 0 Å². The number of ether oxygens (including phenoxy) is 1. The molecule has 0 radical (unpaired) electrons. The van der Waals surface area contributed by atoms with Crippen LogP contribution in [0, 0.1) is 5.92 Å². The number of benzene rings is 1. The van der Waals surface area contributed by atoms with Gasteiger partial charge in [-0.3, -0.25) is 4.79 Å². The molecule has 0 unspecified atom stereocenters. The minimum atomic E-state index is -3.19. The van der Waals surface area contributed by atoms with Crippen LogP contribution in [0.3, 0.4) is 0 Å². The Morgan fingerprint density at radius 1 is 1.24 bits per heavy atom. The zero-order valence-electron chi connectivity index (χ0n) is 10.1. The van der Waals surface area contributed by atoms with Gasteiger partial charge in [0.1, 0.15) is 12.4 Å². The van der Waals surface area contributed by atoms with Crippen LogP contribution >= 0.6 is 0 Å². The first kappa shape index (κ1) is 13.7. The Hall–Kier alpha value is -1.36. The highest BCUT2D eigenvalue weighted by Crippen LogP contribution is 2.15. The summed E-state index contributed by atoms with van der Waals surface area (Å²) in [4.78, 5) is 11.6. The van der Waals surface area contributed by atoms with Crippen molar-refractivity contribution in [2.75, 3.05) is 12.9 Å². The zero-order chi connectivity index (χ0) is 13.1. The third kappa shape index (κ3) is 4.19. The topological polar surface area (TPSA) is 60.4 Å². The van der Waals surface area contributed by atoms with Gasteiger partial charge in [0.15, 0.2) is 15.6 Å². The Bertz CT molecular complexity index is 486. The molecule has 0 aliphatic heterocycles. The molecule has 1 aromatic carbocycles. The quantitative estimate of drug-likeness (QED) is 0.804. The summed E-state index contributed by atoms with van der Waals surface area (Å²) in [6, 6.07) is 6.02. The monoisotopic (exact) mass is 256 g/mol. The van der Waals surface area contributed by atoms with Gasteiger partial charge in [0, 0.05) is 12.2 Å². The molecule has 5 heteroatoms. The molecule has 0 aromatic heterocycles. The van der Waals surface area contributed by atoms with Gasteiger partial charge in [0.2, 0.25) is 0 Å². The molecule has 0 fully saturated rings. The van der Waals surface area contributed by atoms with E-state index in [1.54, 1.807) is 26.0 Å². The van der Waals surface area contributed by atoms with Crippen LogP contribution in [-0.4, -0.2) is 27.1 Å². The number of carbonyl (C=O) groups excluding carboxylic acids is 1. The van der Waals surface area contributed by atoms with Crippen molar-refractivity contribution in [3.63, 3.8) is 0 Å². The van der Waals surface area contributed by atoms with Crippen LogP contribution < -0.4 is 4.74 Å². The summed E-state index contributed by atoms with van der Waals surface area (Å²) in [7, 11) is -3.19. The van der Waals surface area contributed by atoms with E-state index in [2.05, 4.69) is 0 Å². The largest absolute Gasteiger partial charge is 0.486 e. The summed E-state index contributed by atoms with van der Waals surface area (Å²) in [6.45, 7) is 3.62. The summed E-state index contributed by atoms with van der Waals surface area (Å²) in [5.41, 5.74) is 0. The first-order valence-corrected chi connectivity index (χ1v) is 7.15. The predicted octanol–water partition coefficient (Wildman–Crippen LogP) is 1.69. The normalized spacial score (nSPS) is 11.5. The summed E-state index contributed by atoms with van der Waals surface area (Å²) in [5.74, 6) is 0.439. The van der Waals surface area contributed by atoms with E-state index in [1.165, 1.54) is 12.1 Å². The SMILES string of the molecule is CC(C)C(=O)COc1ccc(S(C)(=O)=O)cc1. The average molecular weight is 256 g/mol. The van der Waals surface area contributed by atoms with Crippen LogP contribution in [0.1, 0.15) is 13.8 Å². The van der Waals surface area contributed by atoms with Gasteiger partial charge in [-0.05, 0) is 24.3 Å². The highest BCUT2D eigenvalue weighted by molar-refractivity contribution is 7.90. The number of sulfone groups is 1. The van der Waals surface area contributed by atoms with Crippen LogP contribution in [0.4, 0.5) is 0 Å². The summed E-state index contributed by atoms with van der Waals surface area (Å²) in [5, 5.41) is 0. The van der Waals surface area contributed by atoms with Gasteiger partial charge < -0.3 is 4.74 Å². The van der Waals surface area contributed by atoms with Gasteiger partial charge in [-0.15, -0.1) is 0 Å². The molecular weight excluding hydrogens is 240 g/mol. The van der Waals surface area contributed by atoms with Crippen molar-refractivity contribution >= 4 is 15.6 Å². The third-order valence-electron chi connectivity index (χ3n) is 2.28. The van der Waals surface area contributed by atoms with Gasteiger partial charge in [0.25, 0.3) is 0 Å². The number of Topliss-reactive ketones (excluding diaryl/α,β-unsaturated/α-hetero) is 1. The maximum atomic E-state index is 11.3. The van der Waals surface area contributed by atoms with Crippen LogP contribution in [0.2, 0.25) is 0 Å². The molecule has 94 valence electrons. The number of carbonyl (C=O) groups is 1. The van der Waals surface area contributed by atoms with E-state index >= 15 is 0 Å². The molecule has 1 aromatic rings. The van der Waals surface area contributed by atoms with Crippen molar-refractivity contribution in [3.05, 3.63) is 24.3 Å². The first-order valence-electron chi connectivity index (χ1n) is 5.26. The fraction of sp³-hybridized carbons (Fsp3) is 0.417. The van der Waals surface area contributed by atoms with E-state index in [0.717, 1.165) is 6.26 Å². The molecule has 0 aliphatic carbocycles. The molecule has 0 saturated heterocycles. The lowest BCUT2D eigenvalue weighted by molar-refractivity contribution is -0.123. The van der Waals surface area contributed by atoms with Crippen LogP contribution in [0.15, 0.2) is 29.2 Å². The lowest BCUT2D eigenvalue weighted by atomic mass is 10.1. The minimum absolute atomic E-state index is 0.00981. The van der Waals surface area contributed by atoms with Crippen molar-refractivity contribution in [1.29, 1.82) is 0 Å². The number of ketones is 1. The molecule has 0 atom stereocenters. The molecule has 0 N–H and O–H groups in total. The maximum absolute atomic E-state index is 11.3. The van der Waals surface area contributed by atoms with E-state index in [0.29, 0.717) is 5.75 Å². The van der Waals surface area contributed by atoms with Gasteiger partial charge >= 0.3 is 0 Å². The molecule has 1 rings (SSSR count). The average Bonchev–Trinajstić information content (AvgIpc) is 2.25. The highest BCUT2D eigenvalue weighted by Gasteiger charge is 2.09. The van der Waals surface area contributed by atoms with E-state index in [-0.39, 0.29) is 23.2 Å². The van der Waals surface area contributed by atoms with E-state index in [4.69, 9.17) is 4.74 Å². The van der Waals surface area contributed by atoms with E-state index in [1.807, 2.05) is 0 Å². The Labute approximate surface area is 102 Å². The second-order valence-electron chi connectivity index (χ2n) is 4.15. The van der Waals surface area contributed by atoms with Crippen LogP contribution in [0.5, 0.6) is 5.75 Å². The molecule has 0 aliphatic rings. The van der Waals surface area contributed by atoms with E-state index < -0.39 is 9.84 Å². The molecule has 0 heterocycles. The Morgan fingerprint density at radius 3 is 2.18 bits per heavy atom. The molecule has 0 saturated carbocycles. The Morgan fingerprint density at radius 2 is 1.76 bits per heavy atom. The molecule has 0 bridgehead atoms. The van der Waals surface area contributed by atoms with Crippen LogP contribution in [-0.2, 0) is 14.6 Å². The Kier molecular flexibility index (Phi) is 4.28. The van der Waals surface area contributed by atoms with Crippen molar-refractivity contribution in [3.8, 4) is 5.75 Å². The third-order valence-corrected chi connectivity index (χ3v) is 3.41. The van der Waals surface area contributed by atoms with Crippen molar-refractivity contribution in [2.24, 2.45) is 5.92 Å². The standard InChI is InChI=1S/C12H16O4S/c1-9(2)12(13)8-16-10-4-6-11(7-5-10)17(3,14)15/h4-7,9H,8H2,1-3H3. The second kappa shape index (κ2) is 5.31. The summed E-state index contributed by atoms with van der Waals surface area (Å²) < 4.78 is 27.7. The molecule has 0 spiro atoms. The van der Waals surface area contributed by atoms with Gasteiger partial charge in [-0.2, -0.15) is 0 Å². The van der Waals surface area contributed by atoms with Gasteiger partial charge in [0.05, 0.1) is 4.90 Å². The molecule has 0 amide bonds.